The molecule has 2 N–H and O–H groups in total. The number of hydrogen-bond donors (Lipinski definition) is 2. The Balaban J connectivity index is 0.00000400. The van der Waals surface area contributed by atoms with E-state index in [2.05, 4.69) is 15.5 Å². The molecule has 190 valence electrons. The number of azo groups is 1. The van der Waals surface area contributed by atoms with Crippen LogP contribution in [-0.2, 0) is 10.1 Å². The van der Waals surface area contributed by atoms with Gasteiger partial charge in [-0.1, -0.05) is 53.2 Å². The predicted octanol–water partition coefficient (Wildman–Crippen LogP) is 3.46. The quantitative estimate of drug-likeness (QED) is 0.203. The number of fused-ring (bicyclic) bond motifs is 1. The van der Waals surface area contributed by atoms with E-state index in [-0.39, 0.29) is 67.8 Å². The van der Waals surface area contributed by atoms with Gasteiger partial charge in [0.1, 0.15) is 10.6 Å². The molecule has 13 heteroatoms. The monoisotopic (exact) mass is 581 g/mol. The van der Waals surface area contributed by atoms with Crippen LogP contribution in [0.4, 0.5) is 17.1 Å². The molecular weight excluding hydrogens is 564 g/mol. The molecule has 4 rings (SSSR count). The molecule has 0 heterocycles. The van der Waals surface area contributed by atoms with Crippen molar-refractivity contribution in [2.45, 2.75) is 11.8 Å². The van der Waals surface area contributed by atoms with Crippen molar-refractivity contribution in [3.05, 3.63) is 81.8 Å². The molecule has 0 saturated heterocycles. The zero-order chi connectivity index (χ0) is 26.9. The number of aryl methyl sites for hydroxylation is 1. The van der Waals surface area contributed by atoms with Crippen LogP contribution in [0.15, 0.2) is 75.8 Å². The third-order valence-electron chi connectivity index (χ3n) is 5.38. The van der Waals surface area contributed by atoms with Crippen LogP contribution in [0, 0.1) is 6.92 Å². The molecule has 0 fully saturated rings. The molecule has 0 spiro atoms. The average molecular weight is 582 g/mol. The van der Waals surface area contributed by atoms with E-state index in [9.17, 15) is 22.9 Å². The maximum atomic E-state index is 13.4. The van der Waals surface area contributed by atoms with Crippen LogP contribution in [0.25, 0.3) is 10.8 Å². The Labute approximate surface area is 250 Å². The van der Waals surface area contributed by atoms with Gasteiger partial charge in [0.15, 0.2) is 0 Å². The summed E-state index contributed by atoms with van der Waals surface area (Å²) >= 11 is 12.2. The summed E-state index contributed by atoms with van der Waals surface area (Å²) in [6.07, 6.45) is 0. The summed E-state index contributed by atoms with van der Waals surface area (Å²) in [5, 5.41) is 25.1. The molecule has 0 aliphatic heterocycles. The first kappa shape index (κ1) is 29.9. The van der Waals surface area contributed by atoms with E-state index in [1.165, 1.54) is 38.3 Å². The van der Waals surface area contributed by atoms with Crippen LogP contribution in [0.3, 0.4) is 0 Å². The third kappa shape index (κ3) is 6.29. The minimum Gasteiger partial charge on any atom is -0.870 e. The number of nitrogens with zero attached hydrogens (tertiary/aromatic N) is 2. The van der Waals surface area contributed by atoms with E-state index >= 15 is 0 Å². The van der Waals surface area contributed by atoms with Crippen LogP contribution in [-0.4, -0.2) is 26.0 Å². The van der Waals surface area contributed by atoms with Crippen molar-refractivity contribution >= 4 is 67.1 Å². The van der Waals surface area contributed by atoms with Crippen molar-refractivity contribution < 1.29 is 57.2 Å². The van der Waals surface area contributed by atoms with Crippen molar-refractivity contribution in [1.82, 2.24) is 0 Å². The minimum absolute atomic E-state index is 0. The first-order valence-corrected chi connectivity index (χ1v) is 12.8. The van der Waals surface area contributed by atoms with Gasteiger partial charge >= 0.3 is 29.6 Å². The number of ether oxygens (including phenoxy) is 1. The van der Waals surface area contributed by atoms with Gasteiger partial charge < -0.3 is 15.2 Å². The zero-order valence-electron chi connectivity index (χ0n) is 20.3. The molecule has 4 aromatic carbocycles. The zero-order valence-corrected chi connectivity index (χ0v) is 24.6. The summed E-state index contributed by atoms with van der Waals surface area (Å²) < 4.78 is 37.7. The van der Waals surface area contributed by atoms with Crippen molar-refractivity contribution in [1.29, 1.82) is 0 Å². The normalized spacial score (nSPS) is 11.4. The number of hydrogen-bond acceptors (Lipinski definition) is 7. The van der Waals surface area contributed by atoms with Gasteiger partial charge in [0.2, 0.25) is 0 Å². The van der Waals surface area contributed by atoms with E-state index in [0.717, 1.165) is 0 Å². The van der Waals surface area contributed by atoms with Crippen LogP contribution in [0.2, 0.25) is 10.0 Å². The summed E-state index contributed by atoms with van der Waals surface area (Å²) in [6, 6.07) is 15.5. The number of nitrogens with one attached hydrogen (secondary N) is 1. The number of rotatable bonds is 6. The summed E-state index contributed by atoms with van der Waals surface area (Å²) in [5.74, 6) is -0.931. The van der Waals surface area contributed by atoms with Gasteiger partial charge in [-0.05, 0) is 48.2 Å². The summed E-state index contributed by atoms with van der Waals surface area (Å²) in [7, 11) is -3.08. The second-order valence-electron chi connectivity index (χ2n) is 7.87. The number of halogens is 2. The standard InChI is InChI=1S/C25H19Cl2N3O6S.Na/c1-13-9-15(11-20(27)24(13)37(33,34)35)29-30-22-17-6-4-3-5-14(17)10-18(23(22)31)25(32)28-21-12-16(36-2)7-8-19(21)26;/h3-12,31H,1-2H3,(H,28,32)(H,33,34,35);/q;+1/p-1. The molecule has 1 amide bonds. The average Bonchev–Trinajstić information content (AvgIpc) is 2.83. The van der Waals surface area contributed by atoms with E-state index in [0.29, 0.717) is 16.5 Å². The fourth-order valence-electron chi connectivity index (χ4n) is 3.70. The Kier molecular flexibility index (Phi) is 9.43. The molecular formula is C25H18Cl2N3NaO6S. The van der Waals surface area contributed by atoms with Crippen molar-refractivity contribution in [2.24, 2.45) is 10.2 Å². The Morgan fingerprint density at radius 1 is 1.03 bits per heavy atom. The van der Waals surface area contributed by atoms with Crippen molar-refractivity contribution in [3.8, 4) is 11.5 Å². The second kappa shape index (κ2) is 12.0. The summed E-state index contributed by atoms with van der Waals surface area (Å²) in [4.78, 5) is 12.7. The Hall–Kier alpha value is -2.70. The van der Waals surface area contributed by atoms with Gasteiger partial charge in [0.25, 0.3) is 16.0 Å². The number of methoxy groups -OCH3 is 1. The van der Waals surface area contributed by atoms with Crippen LogP contribution < -0.4 is 44.7 Å². The first-order chi connectivity index (χ1) is 17.5. The second-order valence-corrected chi connectivity index (χ2v) is 10.0. The molecule has 4 aromatic rings. The van der Waals surface area contributed by atoms with E-state index in [1.807, 2.05) is 0 Å². The molecule has 0 atom stereocenters. The number of carbonyl (C=O) groups excluding carboxylic acids is 1. The smallest absolute Gasteiger partial charge is 0.870 e. The molecule has 0 aliphatic rings. The van der Waals surface area contributed by atoms with Gasteiger partial charge in [-0.3, -0.25) is 9.35 Å². The topological polar surface area (TPSA) is 140 Å². The van der Waals surface area contributed by atoms with Gasteiger partial charge in [0, 0.05) is 17.0 Å². The van der Waals surface area contributed by atoms with Gasteiger partial charge in [-0.25, -0.2) is 0 Å². The molecule has 0 aromatic heterocycles. The third-order valence-corrected chi connectivity index (χ3v) is 7.18. The number of amides is 1. The molecule has 0 bridgehead atoms. The fraction of sp³-hybridized carbons (Fsp3) is 0.0800. The predicted molar refractivity (Wildman–Crippen MR) is 140 cm³/mol. The first-order valence-electron chi connectivity index (χ1n) is 10.6. The summed E-state index contributed by atoms with van der Waals surface area (Å²) in [6.45, 7) is 1.43. The summed E-state index contributed by atoms with van der Waals surface area (Å²) in [5.41, 5.74) is 0.233. The molecule has 9 nitrogen and oxygen atoms in total. The maximum absolute atomic E-state index is 13.4. The molecule has 0 aliphatic carbocycles. The Morgan fingerprint density at radius 2 is 1.74 bits per heavy atom. The van der Waals surface area contributed by atoms with E-state index in [4.69, 9.17) is 27.9 Å². The van der Waals surface area contributed by atoms with Crippen LogP contribution in [0.1, 0.15) is 15.9 Å². The SMILES string of the molecule is COc1ccc(Cl)c(NC(=O)c2cc3ccccc3c(N=Nc3cc(C)c(S(=O)(=O)O)c(Cl)c3)c2[O-])c1.[Na+]. The number of benzene rings is 4. The van der Waals surface area contributed by atoms with Crippen molar-refractivity contribution in [3.63, 3.8) is 0 Å². The van der Waals surface area contributed by atoms with Crippen LogP contribution in [0.5, 0.6) is 11.5 Å². The number of anilines is 1. The Bertz CT molecular complexity index is 1670. The Morgan fingerprint density at radius 3 is 2.39 bits per heavy atom. The van der Waals surface area contributed by atoms with Crippen molar-refractivity contribution in [2.75, 3.05) is 12.4 Å². The molecule has 0 saturated carbocycles. The van der Waals surface area contributed by atoms with Gasteiger partial charge in [-0.2, -0.15) is 18.6 Å². The van der Waals surface area contributed by atoms with Gasteiger partial charge in [-0.15, -0.1) is 0 Å². The number of carbonyl (C=O) groups is 1. The minimum atomic E-state index is -4.55. The van der Waals surface area contributed by atoms with Gasteiger partial charge in [0.05, 0.1) is 34.2 Å². The van der Waals surface area contributed by atoms with E-state index < -0.39 is 26.7 Å². The molecule has 0 radical (unpaired) electrons. The molecule has 0 unspecified atom stereocenters. The van der Waals surface area contributed by atoms with Crippen LogP contribution >= 0.6 is 23.2 Å². The fourth-order valence-corrected chi connectivity index (χ4v) is 5.19. The van der Waals surface area contributed by atoms with E-state index in [1.54, 1.807) is 36.4 Å². The molecule has 38 heavy (non-hydrogen) atoms. The maximum Gasteiger partial charge on any atom is 1.00 e. The largest absolute Gasteiger partial charge is 1.00 e.